The van der Waals surface area contributed by atoms with Crippen molar-refractivity contribution in [2.24, 2.45) is 5.92 Å². The standard InChI is InChI=1S/C18H20N6O2/c1-26-14-7-3-2-6-13(14)23-18(25)12-5-4-8-24(9-12)17-15-16(20-10-19-15)21-11-22-17/h2-3,6-7,10-12H,4-5,8-9H2,1H3,(H,23,25)(H,19,20,21,22). The Labute approximate surface area is 150 Å². The summed E-state index contributed by atoms with van der Waals surface area (Å²) < 4.78 is 5.31. The topological polar surface area (TPSA) is 96.0 Å². The van der Waals surface area contributed by atoms with Crippen molar-refractivity contribution >= 4 is 28.6 Å². The summed E-state index contributed by atoms with van der Waals surface area (Å²) in [6, 6.07) is 7.43. The number of nitrogens with zero attached hydrogens (tertiary/aromatic N) is 4. The molecule has 1 fully saturated rings. The van der Waals surface area contributed by atoms with Crippen molar-refractivity contribution in [1.82, 2.24) is 19.9 Å². The number of para-hydroxylation sites is 2. The highest BCUT2D eigenvalue weighted by Crippen LogP contribution is 2.28. The van der Waals surface area contributed by atoms with E-state index in [1.54, 1.807) is 13.4 Å². The molecule has 2 aromatic heterocycles. The number of benzene rings is 1. The molecule has 3 heterocycles. The van der Waals surface area contributed by atoms with Crippen molar-refractivity contribution in [3.8, 4) is 5.75 Å². The van der Waals surface area contributed by atoms with Gasteiger partial charge in [-0.3, -0.25) is 4.79 Å². The predicted octanol–water partition coefficient (Wildman–Crippen LogP) is 2.22. The van der Waals surface area contributed by atoms with Gasteiger partial charge in [-0.1, -0.05) is 12.1 Å². The van der Waals surface area contributed by atoms with Crippen LogP contribution in [0.25, 0.3) is 11.2 Å². The zero-order valence-electron chi connectivity index (χ0n) is 14.5. The zero-order valence-corrected chi connectivity index (χ0v) is 14.5. The molecule has 1 aliphatic heterocycles. The van der Waals surface area contributed by atoms with Crippen LogP contribution in [0.4, 0.5) is 11.5 Å². The molecule has 0 saturated carbocycles. The average molecular weight is 352 g/mol. The fourth-order valence-electron chi connectivity index (χ4n) is 3.36. The van der Waals surface area contributed by atoms with Crippen LogP contribution in [-0.2, 0) is 4.79 Å². The average Bonchev–Trinajstić information content (AvgIpc) is 3.17. The summed E-state index contributed by atoms with van der Waals surface area (Å²) in [6.45, 7) is 1.45. The zero-order chi connectivity index (χ0) is 17.9. The van der Waals surface area contributed by atoms with Crippen LogP contribution in [0.5, 0.6) is 5.75 Å². The largest absolute Gasteiger partial charge is 0.495 e. The Morgan fingerprint density at radius 1 is 1.31 bits per heavy atom. The van der Waals surface area contributed by atoms with Gasteiger partial charge in [0.05, 0.1) is 25.0 Å². The first-order valence-electron chi connectivity index (χ1n) is 8.59. The first-order valence-corrected chi connectivity index (χ1v) is 8.59. The number of rotatable bonds is 4. The first kappa shape index (κ1) is 16.3. The number of hydrogen-bond donors (Lipinski definition) is 2. The molecule has 1 unspecified atom stereocenters. The van der Waals surface area contributed by atoms with Crippen LogP contribution < -0.4 is 15.0 Å². The molecule has 2 N–H and O–H groups in total. The highest BCUT2D eigenvalue weighted by Gasteiger charge is 2.28. The maximum atomic E-state index is 12.8. The Bertz CT molecular complexity index is 925. The van der Waals surface area contributed by atoms with E-state index < -0.39 is 0 Å². The fourth-order valence-corrected chi connectivity index (χ4v) is 3.36. The number of carbonyl (C=O) groups is 1. The van der Waals surface area contributed by atoms with Gasteiger partial charge in [0.15, 0.2) is 11.5 Å². The number of carbonyl (C=O) groups excluding carboxylic acids is 1. The first-order chi connectivity index (χ1) is 12.8. The van der Waals surface area contributed by atoms with Crippen LogP contribution in [0.2, 0.25) is 0 Å². The second-order valence-corrected chi connectivity index (χ2v) is 6.27. The lowest BCUT2D eigenvalue weighted by molar-refractivity contribution is -0.120. The number of nitrogens with one attached hydrogen (secondary N) is 2. The van der Waals surface area contributed by atoms with Gasteiger partial charge in [-0.25, -0.2) is 15.0 Å². The molecule has 3 aromatic rings. The number of ether oxygens (including phenoxy) is 1. The number of anilines is 2. The van der Waals surface area contributed by atoms with Gasteiger partial charge in [-0.05, 0) is 25.0 Å². The van der Waals surface area contributed by atoms with E-state index in [1.807, 2.05) is 24.3 Å². The van der Waals surface area contributed by atoms with Gasteiger partial charge in [-0.15, -0.1) is 0 Å². The Balaban J connectivity index is 1.51. The highest BCUT2D eigenvalue weighted by atomic mass is 16.5. The van der Waals surface area contributed by atoms with Gasteiger partial charge in [0.2, 0.25) is 5.91 Å². The van der Waals surface area contributed by atoms with Crippen molar-refractivity contribution in [2.75, 3.05) is 30.4 Å². The van der Waals surface area contributed by atoms with Gasteiger partial charge in [0, 0.05) is 13.1 Å². The minimum Gasteiger partial charge on any atom is -0.495 e. The van der Waals surface area contributed by atoms with Crippen LogP contribution in [0.15, 0.2) is 36.9 Å². The normalized spacial score (nSPS) is 17.3. The SMILES string of the molecule is COc1ccccc1NC(=O)C1CCCN(c2ncnc3nc[nH]c23)C1. The van der Waals surface area contributed by atoms with Crippen molar-refractivity contribution in [3.63, 3.8) is 0 Å². The molecule has 0 bridgehead atoms. The maximum absolute atomic E-state index is 12.8. The quantitative estimate of drug-likeness (QED) is 0.747. The molecule has 0 radical (unpaired) electrons. The van der Waals surface area contributed by atoms with Crippen molar-refractivity contribution in [3.05, 3.63) is 36.9 Å². The van der Waals surface area contributed by atoms with Crippen LogP contribution in [0, 0.1) is 5.92 Å². The summed E-state index contributed by atoms with van der Waals surface area (Å²) in [5.41, 5.74) is 2.13. The smallest absolute Gasteiger partial charge is 0.229 e. The number of aromatic amines is 1. The molecule has 26 heavy (non-hydrogen) atoms. The lowest BCUT2D eigenvalue weighted by atomic mass is 9.97. The van der Waals surface area contributed by atoms with E-state index >= 15 is 0 Å². The van der Waals surface area contributed by atoms with Crippen LogP contribution >= 0.6 is 0 Å². The highest BCUT2D eigenvalue weighted by molar-refractivity contribution is 5.94. The van der Waals surface area contributed by atoms with E-state index in [4.69, 9.17) is 4.74 Å². The number of fused-ring (bicyclic) bond motifs is 1. The van der Waals surface area contributed by atoms with E-state index in [0.29, 0.717) is 23.6 Å². The second kappa shape index (κ2) is 6.99. The summed E-state index contributed by atoms with van der Waals surface area (Å²) in [4.78, 5) is 30.7. The van der Waals surface area contributed by atoms with Gasteiger partial charge < -0.3 is 19.9 Å². The summed E-state index contributed by atoms with van der Waals surface area (Å²) in [5.74, 6) is 1.32. The molecule has 8 heteroatoms. The molecule has 1 saturated heterocycles. The van der Waals surface area contributed by atoms with E-state index in [2.05, 4.69) is 30.2 Å². The van der Waals surface area contributed by atoms with E-state index in [1.165, 1.54) is 6.33 Å². The molecule has 1 amide bonds. The maximum Gasteiger partial charge on any atom is 0.229 e. The number of piperidine rings is 1. The minimum atomic E-state index is -0.124. The Kier molecular flexibility index (Phi) is 4.39. The molecule has 8 nitrogen and oxygen atoms in total. The fraction of sp³-hybridized carbons (Fsp3) is 0.333. The van der Waals surface area contributed by atoms with E-state index in [-0.39, 0.29) is 11.8 Å². The minimum absolute atomic E-state index is 0.00545. The molecule has 134 valence electrons. The lowest BCUT2D eigenvalue weighted by Crippen LogP contribution is -2.41. The third kappa shape index (κ3) is 3.05. The Hall–Kier alpha value is -3.16. The molecule has 1 atom stereocenters. The molecule has 4 rings (SSSR count). The van der Waals surface area contributed by atoms with Gasteiger partial charge in [0.1, 0.15) is 17.6 Å². The summed E-state index contributed by atoms with van der Waals surface area (Å²) in [5, 5.41) is 2.99. The number of H-pyrrole nitrogens is 1. The summed E-state index contributed by atoms with van der Waals surface area (Å²) >= 11 is 0. The second-order valence-electron chi connectivity index (χ2n) is 6.27. The summed E-state index contributed by atoms with van der Waals surface area (Å²) in [6.07, 6.45) is 4.88. The van der Waals surface area contributed by atoms with Crippen molar-refractivity contribution in [1.29, 1.82) is 0 Å². The third-order valence-electron chi connectivity index (χ3n) is 4.66. The number of methoxy groups -OCH3 is 1. The number of amides is 1. The molecule has 0 aliphatic carbocycles. The van der Waals surface area contributed by atoms with Gasteiger partial charge >= 0.3 is 0 Å². The van der Waals surface area contributed by atoms with E-state index in [0.717, 1.165) is 30.7 Å². The van der Waals surface area contributed by atoms with Crippen LogP contribution in [-0.4, -0.2) is 46.0 Å². The van der Waals surface area contributed by atoms with E-state index in [9.17, 15) is 4.79 Å². The Morgan fingerprint density at radius 3 is 3.08 bits per heavy atom. The lowest BCUT2D eigenvalue weighted by Gasteiger charge is -2.33. The van der Waals surface area contributed by atoms with Crippen molar-refractivity contribution < 1.29 is 9.53 Å². The summed E-state index contributed by atoms with van der Waals surface area (Å²) in [7, 11) is 1.60. The molecule has 1 aromatic carbocycles. The molecular formula is C18H20N6O2. The van der Waals surface area contributed by atoms with Crippen molar-refractivity contribution in [2.45, 2.75) is 12.8 Å². The van der Waals surface area contributed by atoms with Crippen LogP contribution in [0.3, 0.4) is 0 Å². The predicted molar refractivity (Wildman–Crippen MR) is 98.2 cm³/mol. The Morgan fingerprint density at radius 2 is 2.19 bits per heavy atom. The monoisotopic (exact) mass is 352 g/mol. The molecule has 1 aliphatic rings. The third-order valence-corrected chi connectivity index (χ3v) is 4.66. The van der Waals surface area contributed by atoms with Gasteiger partial charge in [0.25, 0.3) is 0 Å². The number of aromatic nitrogens is 4. The number of hydrogen-bond acceptors (Lipinski definition) is 6. The van der Waals surface area contributed by atoms with Gasteiger partial charge in [-0.2, -0.15) is 0 Å². The molecular weight excluding hydrogens is 332 g/mol. The molecule has 0 spiro atoms. The number of imidazole rings is 1. The van der Waals surface area contributed by atoms with Crippen LogP contribution in [0.1, 0.15) is 12.8 Å².